The zero-order valence-corrected chi connectivity index (χ0v) is 12.3. The number of hydrogen-bond acceptors (Lipinski definition) is 2. The molecule has 0 unspecified atom stereocenters. The molecule has 0 aliphatic carbocycles. The third kappa shape index (κ3) is 4.69. The molecule has 0 saturated carbocycles. The Hall–Kier alpha value is -1.02. The Bertz CT molecular complexity index is 419. The van der Waals surface area contributed by atoms with Crippen LogP contribution in [0.3, 0.4) is 0 Å². The van der Waals surface area contributed by atoms with Gasteiger partial charge in [0.1, 0.15) is 5.75 Å². The van der Waals surface area contributed by atoms with Crippen molar-refractivity contribution in [2.45, 2.75) is 40.0 Å². The molecule has 0 atom stereocenters. The summed E-state index contributed by atoms with van der Waals surface area (Å²) in [5, 5.41) is 0.582. The average molecular weight is 269 g/mol. The second kappa shape index (κ2) is 6.24. The van der Waals surface area contributed by atoms with E-state index in [1.54, 1.807) is 25.3 Å². The number of carbonyl (C=O) groups is 1. The van der Waals surface area contributed by atoms with E-state index in [1.807, 2.05) is 0 Å². The van der Waals surface area contributed by atoms with Gasteiger partial charge in [-0.15, -0.1) is 0 Å². The van der Waals surface area contributed by atoms with Gasteiger partial charge in [0.05, 0.1) is 12.7 Å². The molecule has 1 rings (SSSR count). The second-order valence-electron chi connectivity index (χ2n) is 5.68. The van der Waals surface area contributed by atoms with Crippen molar-refractivity contribution in [3.05, 3.63) is 28.8 Å². The summed E-state index contributed by atoms with van der Waals surface area (Å²) < 4.78 is 5.19. The van der Waals surface area contributed by atoms with Crippen molar-refractivity contribution in [3.63, 3.8) is 0 Å². The molecule has 0 spiro atoms. The van der Waals surface area contributed by atoms with E-state index in [0.29, 0.717) is 22.8 Å². The van der Waals surface area contributed by atoms with Crippen molar-refractivity contribution in [3.8, 4) is 5.75 Å². The van der Waals surface area contributed by atoms with Crippen molar-refractivity contribution in [1.82, 2.24) is 0 Å². The van der Waals surface area contributed by atoms with Crippen LogP contribution < -0.4 is 4.74 Å². The Labute approximate surface area is 114 Å². The molecule has 18 heavy (non-hydrogen) atoms. The van der Waals surface area contributed by atoms with E-state index in [9.17, 15) is 4.79 Å². The lowest BCUT2D eigenvalue weighted by Gasteiger charge is -2.17. The van der Waals surface area contributed by atoms with Crippen LogP contribution in [-0.2, 0) is 0 Å². The summed E-state index contributed by atoms with van der Waals surface area (Å²) in [5.74, 6) is 0.677. The van der Waals surface area contributed by atoms with E-state index in [-0.39, 0.29) is 11.2 Å². The maximum atomic E-state index is 12.1. The fourth-order valence-electron chi connectivity index (χ4n) is 1.81. The number of carbonyl (C=O) groups excluding carboxylic acids is 1. The van der Waals surface area contributed by atoms with Crippen LogP contribution in [0.15, 0.2) is 18.2 Å². The van der Waals surface area contributed by atoms with Gasteiger partial charge in [0.25, 0.3) is 0 Å². The van der Waals surface area contributed by atoms with Crippen LogP contribution in [0, 0.1) is 5.41 Å². The first-order chi connectivity index (χ1) is 8.33. The van der Waals surface area contributed by atoms with Crippen LogP contribution in [0.2, 0.25) is 5.02 Å². The largest absolute Gasteiger partial charge is 0.496 e. The molecule has 0 bridgehead atoms. The molecule has 100 valence electrons. The maximum Gasteiger partial charge on any atom is 0.166 e. The molecule has 1 aromatic rings. The summed E-state index contributed by atoms with van der Waals surface area (Å²) in [6.07, 6.45) is 2.48. The van der Waals surface area contributed by atoms with E-state index < -0.39 is 0 Å². The Morgan fingerprint density at radius 2 is 2.00 bits per heavy atom. The zero-order valence-electron chi connectivity index (χ0n) is 11.5. The summed E-state index contributed by atoms with van der Waals surface area (Å²) in [5.41, 5.74) is 0.889. The highest BCUT2D eigenvalue weighted by molar-refractivity contribution is 6.30. The summed E-state index contributed by atoms with van der Waals surface area (Å²) in [7, 11) is 1.55. The number of hydrogen-bond donors (Lipinski definition) is 0. The SMILES string of the molecule is COc1cc(Cl)ccc1C(=O)CCCC(C)(C)C. The Kier molecular flexibility index (Phi) is 5.21. The molecule has 0 N–H and O–H groups in total. The lowest BCUT2D eigenvalue weighted by atomic mass is 9.89. The summed E-state index contributed by atoms with van der Waals surface area (Å²) in [4.78, 5) is 12.1. The van der Waals surface area contributed by atoms with E-state index >= 15 is 0 Å². The molecule has 0 saturated heterocycles. The Balaban J connectivity index is 2.67. The minimum absolute atomic E-state index is 0.118. The van der Waals surface area contributed by atoms with E-state index in [1.165, 1.54) is 0 Å². The van der Waals surface area contributed by atoms with Gasteiger partial charge in [-0.05, 0) is 36.5 Å². The molecule has 0 aromatic heterocycles. The van der Waals surface area contributed by atoms with Gasteiger partial charge in [-0.1, -0.05) is 32.4 Å². The van der Waals surface area contributed by atoms with Crippen molar-refractivity contribution in [1.29, 1.82) is 0 Å². The van der Waals surface area contributed by atoms with E-state index in [0.717, 1.165) is 12.8 Å². The lowest BCUT2D eigenvalue weighted by molar-refractivity contribution is 0.0973. The number of benzene rings is 1. The third-order valence-corrected chi connectivity index (χ3v) is 3.03. The van der Waals surface area contributed by atoms with Gasteiger partial charge in [-0.2, -0.15) is 0 Å². The smallest absolute Gasteiger partial charge is 0.166 e. The first-order valence-electron chi connectivity index (χ1n) is 6.20. The zero-order chi connectivity index (χ0) is 13.8. The molecule has 0 aliphatic heterocycles. The van der Waals surface area contributed by atoms with Crippen molar-refractivity contribution >= 4 is 17.4 Å². The number of methoxy groups -OCH3 is 1. The molecular formula is C15H21ClO2. The van der Waals surface area contributed by atoms with Gasteiger partial charge in [0.2, 0.25) is 0 Å². The van der Waals surface area contributed by atoms with E-state index in [4.69, 9.17) is 16.3 Å². The normalized spacial score (nSPS) is 11.4. The minimum atomic E-state index is 0.118. The van der Waals surface area contributed by atoms with Gasteiger partial charge in [-0.3, -0.25) is 4.79 Å². The fourth-order valence-corrected chi connectivity index (χ4v) is 1.97. The quantitative estimate of drug-likeness (QED) is 0.721. The molecule has 0 aliphatic rings. The molecule has 2 nitrogen and oxygen atoms in total. The first-order valence-corrected chi connectivity index (χ1v) is 6.58. The predicted molar refractivity (Wildman–Crippen MR) is 75.6 cm³/mol. The van der Waals surface area contributed by atoms with Crippen LogP contribution >= 0.6 is 11.6 Å². The number of Topliss-reactive ketones (excluding diaryl/α,β-unsaturated/α-hetero) is 1. The Morgan fingerprint density at radius 1 is 1.33 bits per heavy atom. The molecule has 0 fully saturated rings. The van der Waals surface area contributed by atoms with Crippen LogP contribution in [0.25, 0.3) is 0 Å². The lowest BCUT2D eigenvalue weighted by Crippen LogP contribution is -2.07. The molecule has 3 heteroatoms. The Morgan fingerprint density at radius 3 is 2.56 bits per heavy atom. The van der Waals surface area contributed by atoms with Crippen molar-refractivity contribution < 1.29 is 9.53 Å². The minimum Gasteiger partial charge on any atom is -0.496 e. The number of ketones is 1. The molecule has 0 heterocycles. The van der Waals surface area contributed by atoms with Crippen LogP contribution in [0.1, 0.15) is 50.4 Å². The number of rotatable bonds is 5. The average Bonchev–Trinajstić information content (AvgIpc) is 2.26. The van der Waals surface area contributed by atoms with Gasteiger partial charge in [0, 0.05) is 11.4 Å². The summed E-state index contributed by atoms with van der Waals surface area (Å²) in [6.45, 7) is 6.54. The van der Waals surface area contributed by atoms with Gasteiger partial charge >= 0.3 is 0 Å². The van der Waals surface area contributed by atoms with Crippen molar-refractivity contribution in [2.75, 3.05) is 7.11 Å². The predicted octanol–water partition coefficient (Wildman–Crippen LogP) is 4.75. The van der Waals surface area contributed by atoms with Gasteiger partial charge in [-0.25, -0.2) is 0 Å². The maximum absolute atomic E-state index is 12.1. The highest BCUT2D eigenvalue weighted by Crippen LogP contribution is 2.26. The number of ether oxygens (including phenoxy) is 1. The first kappa shape index (κ1) is 15.0. The van der Waals surface area contributed by atoms with Crippen LogP contribution in [0.4, 0.5) is 0 Å². The highest BCUT2D eigenvalue weighted by atomic mass is 35.5. The molecular weight excluding hydrogens is 248 g/mol. The molecule has 0 amide bonds. The van der Waals surface area contributed by atoms with Crippen LogP contribution in [0.5, 0.6) is 5.75 Å². The molecule has 1 aromatic carbocycles. The third-order valence-electron chi connectivity index (χ3n) is 2.79. The van der Waals surface area contributed by atoms with Crippen LogP contribution in [-0.4, -0.2) is 12.9 Å². The number of halogens is 1. The summed E-state index contributed by atoms with van der Waals surface area (Å²) >= 11 is 5.87. The van der Waals surface area contributed by atoms with Gasteiger partial charge in [0.15, 0.2) is 5.78 Å². The highest BCUT2D eigenvalue weighted by Gasteiger charge is 2.15. The fraction of sp³-hybridized carbons (Fsp3) is 0.533. The monoisotopic (exact) mass is 268 g/mol. The van der Waals surface area contributed by atoms with Gasteiger partial charge < -0.3 is 4.74 Å². The standard InChI is InChI=1S/C15H21ClO2/c1-15(2,3)9-5-6-13(17)12-8-7-11(16)10-14(12)18-4/h7-8,10H,5-6,9H2,1-4H3. The van der Waals surface area contributed by atoms with Crippen molar-refractivity contribution in [2.24, 2.45) is 5.41 Å². The van der Waals surface area contributed by atoms with E-state index in [2.05, 4.69) is 20.8 Å². The topological polar surface area (TPSA) is 26.3 Å². The summed E-state index contributed by atoms with van der Waals surface area (Å²) in [6, 6.07) is 5.14. The second-order valence-corrected chi connectivity index (χ2v) is 6.12. The molecule has 0 radical (unpaired) electrons.